The number of ether oxygens (including phenoxy) is 2. The minimum absolute atomic E-state index is 0.0244. The predicted molar refractivity (Wildman–Crippen MR) is 98.3 cm³/mol. The lowest BCUT2D eigenvalue weighted by Crippen LogP contribution is -2.30. The lowest BCUT2D eigenvalue weighted by atomic mass is 10.0. The molecule has 2 aliphatic heterocycles. The van der Waals surface area contributed by atoms with E-state index in [-0.39, 0.29) is 17.6 Å². The van der Waals surface area contributed by atoms with E-state index in [9.17, 15) is 14.9 Å². The van der Waals surface area contributed by atoms with E-state index in [4.69, 9.17) is 9.47 Å². The fourth-order valence-corrected chi connectivity index (χ4v) is 3.78. The van der Waals surface area contributed by atoms with E-state index in [1.165, 1.54) is 12.1 Å². The van der Waals surface area contributed by atoms with E-state index in [1.54, 1.807) is 13.0 Å². The Morgan fingerprint density at radius 1 is 1.15 bits per heavy atom. The number of hydrogen-bond donors (Lipinski definition) is 0. The van der Waals surface area contributed by atoms with Crippen molar-refractivity contribution in [3.8, 4) is 11.5 Å². The molecule has 4 rings (SSSR count). The number of fused-ring (bicyclic) bond motifs is 1. The third-order valence-corrected chi connectivity index (χ3v) is 5.11. The molecular formula is C20H20N2O5. The zero-order chi connectivity index (χ0) is 19.0. The van der Waals surface area contributed by atoms with Crippen LogP contribution in [0, 0.1) is 17.0 Å². The Balaban J connectivity index is 1.60. The monoisotopic (exact) mass is 368 g/mol. The van der Waals surface area contributed by atoms with Crippen molar-refractivity contribution in [2.24, 2.45) is 0 Å². The summed E-state index contributed by atoms with van der Waals surface area (Å²) in [4.78, 5) is 25.5. The molecule has 0 saturated carbocycles. The molecule has 2 aromatic carbocycles. The number of rotatable bonds is 3. The zero-order valence-electron chi connectivity index (χ0n) is 15.0. The third kappa shape index (κ3) is 3.20. The maximum Gasteiger partial charge on any atom is 0.272 e. The number of nitro benzene ring substituents is 1. The second kappa shape index (κ2) is 6.90. The first kappa shape index (κ1) is 17.3. The average molecular weight is 368 g/mol. The zero-order valence-corrected chi connectivity index (χ0v) is 15.0. The van der Waals surface area contributed by atoms with Gasteiger partial charge in [-0.05, 0) is 49.6 Å². The van der Waals surface area contributed by atoms with Crippen LogP contribution in [0.25, 0.3) is 0 Å². The van der Waals surface area contributed by atoms with Gasteiger partial charge in [-0.1, -0.05) is 6.07 Å². The number of benzene rings is 2. The molecule has 0 aromatic heterocycles. The van der Waals surface area contributed by atoms with Gasteiger partial charge in [-0.15, -0.1) is 0 Å². The van der Waals surface area contributed by atoms with Crippen molar-refractivity contribution in [2.75, 3.05) is 19.8 Å². The van der Waals surface area contributed by atoms with Gasteiger partial charge in [-0.25, -0.2) is 0 Å². The molecule has 0 aliphatic carbocycles. The molecule has 2 aliphatic rings. The number of amides is 1. The maximum atomic E-state index is 13.1. The topological polar surface area (TPSA) is 81.9 Å². The molecule has 0 spiro atoms. The Morgan fingerprint density at radius 3 is 2.67 bits per heavy atom. The minimum Gasteiger partial charge on any atom is -0.486 e. The Morgan fingerprint density at radius 2 is 1.93 bits per heavy atom. The second-order valence-corrected chi connectivity index (χ2v) is 6.82. The van der Waals surface area contributed by atoms with Crippen molar-refractivity contribution in [1.29, 1.82) is 0 Å². The molecule has 2 heterocycles. The predicted octanol–water partition coefficient (Wildman–Crippen LogP) is 3.65. The van der Waals surface area contributed by atoms with Gasteiger partial charge in [0.2, 0.25) is 0 Å². The van der Waals surface area contributed by atoms with Crippen LogP contribution in [0.3, 0.4) is 0 Å². The SMILES string of the molecule is Cc1cc(C(=O)N2CCCC2c2ccc3c(c2)OCCO3)ccc1[N+](=O)[O-]. The number of carbonyl (C=O) groups excluding carboxylic acids is 1. The maximum absolute atomic E-state index is 13.1. The molecule has 1 amide bonds. The molecule has 0 radical (unpaired) electrons. The summed E-state index contributed by atoms with van der Waals surface area (Å²) in [6.07, 6.45) is 1.79. The Kier molecular flexibility index (Phi) is 4.43. The summed E-state index contributed by atoms with van der Waals surface area (Å²) in [6, 6.07) is 10.3. The van der Waals surface area contributed by atoms with E-state index in [1.807, 2.05) is 23.1 Å². The number of carbonyl (C=O) groups is 1. The van der Waals surface area contributed by atoms with Crippen LogP contribution in [0.15, 0.2) is 36.4 Å². The van der Waals surface area contributed by atoms with E-state index in [0.29, 0.717) is 36.6 Å². The molecule has 27 heavy (non-hydrogen) atoms. The fourth-order valence-electron chi connectivity index (χ4n) is 3.78. The first-order valence-corrected chi connectivity index (χ1v) is 9.00. The van der Waals surface area contributed by atoms with Crippen molar-refractivity contribution in [3.63, 3.8) is 0 Å². The first-order valence-electron chi connectivity index (χ1n) is 9.00. The number of likely N-dealkylation sites (tertiary alicyclic amines) is 1. The molecular weight excluding hydrogens is 348 g/mol. The molecule has 0 N–H and O–H groups in total. The van der Waals surface area contributed by atoms with Gasteiger partial charge in [0.05, 0.1) is 11.0 Å². The van der Waals surface area contributed by atoms with Gasteiger partial charge in [0.15, 0.2) is 11.5 Å². The molecule has 2 aromatic rings. The van der Waals surface area contributed by atoms with E-state index in [0.717, 1.165) is 24.2 Å². The highest BCUT2D eigenvalue weighted by atomic mass is 16.6. The average Bonchev–Trinajstić information content (AvgIpc) is 3.16. The van der Waals surface area contributed by atoms with E-state index < -0.39 is 4.92 Å². The summed E-state index contributed by atoms with van der Waals surface area (Å²) in [5.74, 6) is 1.33. The number of nitrogens with zero attached hydrogens (tertiary/aromatic N) is 2. The smallest absolute Gasteiger partial charge is 0.272 e. The van der Waals surface area contributed by atoms with Crippen LogP contribution in [0.1, 0.15) is 40.4 Å². The van der Waals surface area contributed by atoms with E-state index in [2.05, 4.69) is 0 Å². The highest BCUT2D eigenvalue weighted by Crippen LogP contribution is 2.38. The van der Waals surface area contributed by atoms with Gasteiger partial charge in [-0.3, -0.25) is 14.9 Å². The molecule has 1 atom stereocenters. The van der Waals surface area contributed by atoms with Crippen molar-refractivity contribution >= 4 is 11.6 Å². The summed E-state index contributed by atoms with van der Waals surface area (Å²) >= 11 is 0. The molecule has 0 bridgehead atoms. The molecule has 1 fully saturated rings. The van der Waals surface area contributed by atoms with Crippen LogP contribution in [-0.4, -0.2) is 35.5 Å². The quantitative estimate of drug-likeness (QED) is 0.610. The largest absolute Gasteiger partial charge is 0.486 e. The summed E-state index contributed by atoms with van der Waals surface area (Å²) in [5.41, 5.74) is 2.00. The lowest BCUT2D eigenvalue weighted by molar-refractivity contribution is -0.385. The normalized spacial score (nSPS) is 18.4. The number of nitro groups is 1. The van der Waals surface area contributed by atoms with Gasteiger partial charge in [0.25, 0.3) is 11.6 Å². The van der Waals surface area contributed by atoms with Gasteiger partial charge in [0.1, 0.15) is 13.2 Å². The third-order valence-electron chi connectivity index (χ3n) is 5.11. The van der Waals surface area contributed by atoms with Crippen molar-refractivity contribution in [2.45, 2.75) is 25.8 Å². The van der Waals surface area contributed by atoms with Crippen LogP contribution >= 0.6 is 0 Å². The van der Waals surface area contributed by atoms with Crippen LogP contribution in [0.2, 0.25) is 0 Å². The van der Waals surface area contributed by atoms with Crippen LogP contribution in [-0.2, 0) is 0 Å². The van der Waals surface area contributed by atoms with Crippen molar-refractivity contribution in [1.82, 2.24) is 4.90 Å². The highest BCUT2D eigenvalue weighted by molar-refractivity contribution is 5.95. The number of aryl methyl sites for hydroxylation is 1. The number of hydrogen-bond acceptors (Lipinski definition) is 5. The van der Waals surface area contributed by atoms with Crippen molar-refractivity contribution < 1.29 is 19.2 Å². The molecule has 7 heteroatoms. The second-order valence-electron chi connectivity index (χ2n) is 6.82. The van der Waals surface area contributed by atoms with Crippen LogP contribution < -0.4 is 9.47 Å². The fraction of sp³-hybridized carbons (Fsp3) is 0.350. The Hall–Kier alpha value is -3.09. The molecule has 140 valence electrons. The van der Waals surface area contributed by atoms with Crippen LogP contribution in [0.5, 0.6) is 11.5 Å². The highest BCUT2D eigenvalue weighted by Gasteiger charge is 2.32. The van der Waals surface area contributed by atoms with Crippen LogP contribution in [0.4, 0.5) is 5.69 Å². The summed E-state index contributed by atoms with van der Waals surface area (Å²) in [5, 5.41) is 11.0. The van der Waals surface area contributed by atoms with Gasteiger partial charge >= 0.3 is 0 Å². The van der Waals surface area contributed by atoms with Gasteiger partial charge < -0.3 is 14.4 Å². The minimum atomic E-state index is -0.433. The lowest BCUT2D eigenvalue weighted by Gasteiger charge is -2.27. The Labute approximate surface area is 156 Å². The standard InChI is InChI=1S/C20H20N2O5/c1-13-11-15(4-6-16(13)22(24)25)20(23)21-8-2-3-17(21)14-5-7-18-19(12-14)27-10-9-26-18/h4-7,11-12,17H,2-3,8-10H2,1H3. The molecule has 7 nitrogen and oxygen atoms in total. The molecule has 1 saturated heterocycles. The van der Waals surface area contributed by atoms with Gasteiger partial charge in [-0.2, -0.15) is 0 Å². The van der Waals surface area contributed by atoms with Crippen molar-refractivity contribution in [3.05, 3.63) is 63.2 Å². The summed E-state index contributed by atoms with van der Waals surface area (Å²) in [6.45, 7) is 3.37. The summed E-state index contributed by atoms with van der Waals surface area (Å²) in [7, 11) is 0. The first-order chi connectivity index (χ1) is 13.0. The van der Waals surface area contributed by atoms with Gasteiger partial charge in [0, 0.05) is 23.7 Å². The summed E-state index contributed by atoms with van der Waals surface area (Å²) < 4.78 is 11.2. The Bertz CT molecular complexity index is 911. The molecule has 1 unspecified atom stereocenters. The van der Waals surface area contributed by atoms with E-state index >= 15 is 0 Å².